The lowest BCUT2D eigenvalue weighted by Gasteiger charge is -2.12. The Morgan fingerprint density at radius 2 is 2.00 bits per heavy atom. The number of nitrogens with zero attached hydrogens (tertiary/aromatic N) is 2. The molecular weight excluding hydrogens is 424 g/mol. The lowest BCUT2D eigenvalue weighted by Crippen LogP contribution is -2.22. The molecule has 0 spiro atoms. The molecule has 0 aliphatic rings. The topological polar surface area (TPSA) is 74.3 Å². The molecule has 0 aliphatic heterocycles. The van der Waals surface area contributed by atoms with E-state index in [9.17, 15) is 9.59 Å². The molecule has 2 aromatic heterocycles. The van der Waals surface area contributed by atoms with Gasteiger partial charge in [0.05, 0.1) is 18.0 Å². The Morgan fingerprint density at radius 3 is 2.77 bits per heavy atom. The van der Waals surface area contributed by atoms with E-state index in [1.54, 1.807) is 48.1 Å². The van der Waals surface area contributed by atoms with Crippen molar-refractivity contribution in [2.24, 2.45) is 0 Å². The number of ether oxygens (including phenoxy) is 1. The van der Waals surface area contributed by atoms with Crippen LogP contribution in [-0.4, -0.2) is 16.7 Å². The molecule has 152 valence electrons. The Hall–Kier alpha value is -3.03. The summed E-state index contributed by atoms with van der Waals surface area (Å²) in [5.74, 6) is 1.02. The van der Waals surface area contributed by atoms with Crippen molar-refractivity contribution in [3.63, 3.8) is 0 Å². The molecule has 6 nitrogen and oxygen atoms in total. The molecule has 0 radical (unpaired) electrons. The predicted octanol–water partition coefficient (Wildman–Crippen LogP) is 4.64. The zero-order valence-electron chi connectivity index (χ0n) is 16.1. The van der Waals surface area contributed by atoms with Crippen LogP contribution in [0.4, 0.5) is 0 Å². The third-order valence-corrected chi connectivity index (χ3v) is 5.85. The van der Waals surface area contributed by atoms with Crippen LogP contribution in [0.15, 0.2) is 74.3 Å². The number of benzene rings is 2. The largest absolute Gasteiger partial charge is 0.497 e. The Balaban J connectivity index is 1.78. The van der Waals surface area contributed by atoms with Gasteiger partial charge in [-0.3, -0.25) is 9.36 Å². The maximum Gasteiger partial charge on any atom is 0.336 e. The number of allylic oxidation sites excluding steroid dienone is 1. The molecule has 2 aromatic carbocycles. The second-order valence-electron chi connectivity index (χ2n) is 6.50. The van der Waals surface area contributed by atoms with E-state index in [0.717, 1.165) is 10.9 Å². The van der Waals surface area contributed by atoms with E-state index < -0.39 is 5.63 Å². The molecule has 0 aliphatic carbocycles. The van der Waals surface area contributed by atoms with Crippen LogP contribution in [0.25, 0.3) is 21.9 Å². The fourth-order valence-electron chi connectivity index (χ4n) is 3.17. The average Bonchev–Trinajstić information content (AvgIpc) is 2.73. The number of aromatic nitrogens is 2. The molecule has 2 heterocycles. The third kappa shape index (κ3) is 3.86. The number of thioether (sulfide) groups is 1. The first kappa shape index (κ1) is 20.3. The lowest BCUT2D eigenvalue weighted by molar-refractivity contribution is 0.414. The van der Waals surface area contributed by atoms with E-state index in [0.29, 0.717) is 44.7 Å². The molecule has 0 amide bonds. The summed E-state index contributed by atoms with van der Waals surface area (Å²) in [5, 5.41) is 2.31. The van der Waals surface area contributed by atoms with Gasteiger partial charge in [-0.2, -0.15) is 0 Å². The van der Waals surface area contributed by atoms with Crippen LogP contribution in [0.3, 0.4) is 0 Å². The SMILES string of the molecule is C=CCn1c(SCc2cc(=O)oc3cc(OC)ccc23)nc2cc(Cl)ccc2c1=O. The quantitative estimate of drug-likeness (QED) is 0.188. The number of methoxy groups -OCH3 is 1. The van der Waals surface area contributed by atoms with Crippen LogP contribution in [0, 0.1) is 0 Å². The zero-order valence-corrected chi connectivity index (χ0v) is 17.6. The van der Waals surface area contributed by atoms with Crippen molar-refractivity contribution in [3.05, 3.63) is 86.5 Å². The van der Waals surface area contributed by atoms with Crippen molar-refractivity contribution >= 4 is 45.2 Å². The Kier molecular flexibility index (Phi) is 5.65. The van der Waals surface area contributed by atoms with Crippen molar-refractivity contribution in [2.75, 3.05) is 7.11 Å². The highest BCUT2D eigenvalue weighted by Gasteiger charge is 2.13. The number of hydrogen-bond acceptors (Lipinski definition) is 6. The van der Waals surface area contributed by atoms with Gasteiger partial charge in [0.1, 0.15) is 11.3 Å². The van der Waals surface area contributed by atoms with Crippen LogP contribution >= 0.6 is 23.4 Å². The maximum atomic E-state index is 12.9. The molecule has 4 aromatic rings. The number of fused-ring (bicyclic) bond motifs is 2. The first-order valence-corrected chi connectivity index (χ1v) is 10.4. The summed E-state index contributed by atoms with van der Waals surface area (Å²) in [4.78, 5) is 29.6. The fourth-order valence-corrected chi connectivity index (χ4v) is 4.34. The van der Waals surface area contributed by atoms with E-state index in [4.69, 9.17) is 20.8 Å². The van der Waals surface area contributed by atoms with Gasteiger partial charge in [0.25, 0.3) is 5.56 Å². The van der Waals surface area contributed by atoms with E-state index >= 15 is 0 Å². The molecular formula is C22H17ClN2O4S. The van der Waals surface area contributed by atoms with E-state index in [1.165, 1.54) is 17.8 Å². The van der Waals surface area contributed by atoms with Gasteiger partial charge in [0.15, 0.2) is 5.16 Å². The summed E-state index contributed by atoms with van der Waals surface area (Å²) >= 11 is 7.44. The minimum absolute atomic E-state index is 0.166. The van der Waals surface area contributed by atoms with Crippen LogP contribution in [0.1, 0.15) is 5.56 Å². The highest BCUT2D eigenvalue weighted by molar-refractivity contribution is 7.98. The Morgan fingerprint density at radius 1 is 1.20 bits per heavy atom. The summed E-state index contributed by atoms with van der Waals surface area (Å²) in [6.45, 7) is 4.06. The van der Waals surface area contributed by atoms with Crippen molar-refractivity contribution in [3.8, 4) is 5.75 Å². The Labute approximate surface area is 180 Å². The monoisotopic (exact) mass is 440 g/mol. The summed E-state index contributed by atoms with van der Waals surface area (Å²) in [6, 6.07) is 11.8. The summed E-state index contributed by atoms with van der Waals surface area (Å²) < 4.78 is 12.1. The first-order valence-electron chi connectivity index (χ1n) is 9.04. The minimum Gasteiger partial charge on any atom is -0.497 e. The van der Waals surface area contributed by atoms with Gasteiger partial charge >= 0.3 is 5.63 Å². The van der Waals surface area contributed by atoms with Gasteiger partial charge in [-0.05, 0) is 35.9 Å². The molecule has 0 saturated heterocycles. The predicted molar refractivity (Wildman–Crippen MR) is 120 cm³/mol. The van der Waals surface area contributed by atoms with Crippen LogP contribution in [0.5, 0.6) is 5.75 Å². The van der Waals surface area contributed by atoms with Gasteiger partial charge in [-0.25, -0.2) is 9.78 Å². The normalized spacial score (nSPS) is 11.1. The first-order chi connectivity index (χ1) is 14.5. The third-order valence-electron chi connectivity index (χ3n) is 4.59. The summed E-state index contributed by atoms with van der Waals surface area (Å²) in [7, 11) is 1.55. The van der Waals surface area contributed by atoms with Gasteiger partial charge in [-0.15, -0.1) is 6.58 Å². The molecule has 0 unspecified atom stereocenters. The zero-order chi connectivity index (χ0) is 21.3. The van der Waals surface area contributed by atoms with E-state index in [-0.39, 0.29) is 5.56 Å². The van der Waals surface area contributed by atoms with Crippen molar-refractivity contribution in [1.29, 1.82) is 0 Å². The number of halogens is 1. The van der Waals surface area contributed by atoms with Crippen LogP contribution in [-0.2, 0) is 12.3 Å². The second kappa shape index (κ2) is 8.38. The maximum absolute atomic E-state index is 12.9. The molecule has 4 rings (SSSR count). The molecule has 30 heavy (non-hydrogen) atoms. The second-order valence-corrected chi connectivity index (χ2v) is 7.88. The van der Waals surface area contributed by atoms with Crippen molar-refractivity contribution in [1.82, 2.24) is 9.55 Å². The minimum atomic E-state index is -0.451. The standard InChI is InChI=1S/C22H17ClN2O4S/c1-3-8-25-21(27)17-6-4-14(23)10-18(17)24-22(25)30-12-13-9-20(26)29-19-11-15(28-2)5-7-16(13)19/h3-7,9-11H,1,8,12H2,2H3. The van der Waals surface area contributed by atoms with Crippen LogP contribution in [0.2, 0.25) is 5.02 Å². The molecule has 0 fully saturated rings. The van der Waals surface area contributed by atoms with E-state index in [1.807, 2.05) is 6.07 Å². The van der Waals surface area contributed by atoms with Crippen molar-refractivity contribution in [2.45, 2.75) is 17.5 Å². The molecule has 0 saturated carbocycles. The molecule has 0 bridgehead atoms. The van der Waals surface area contributed by atoms with Crippen LogP contribution < -0.4 is 15.9 Å². The van der Waals surface area contributed by atoms with Gasteiger partial charge in [0.2, 0.25) is 0 Å². The lowest BCUT2D eigenvalue weighted by atomic mass is 10.1. The van der Waals surface area contributed by atoms with Gasteiger partial charge in [-0.1, -0.05) is 29.4 Å². The number of hydrogen-bond donors (Lipinski definition) is 0. The summed E-state index contributed by atoms with van der Waals surface area (Å²) in [5.41, 5.74) is 1.13. The molecule has 8 heteroatoms. The average molecular weight is 441 g/mol. The molecule has 0 N–H and O–H groups in total. The summed E-state index contributed by atoms with van der Waals surface area (Å²) in [6.07, 6.45) is 1.65. The number of rotatable bonds is 6. The van der Waals surface area contributed by atoms with E-state index in [2.05, 4.69) is 11.6 Å². The Bertz CT molecular complexity index is 1390. The smallest absolute Gasteiger partial charge is 0.336 e. The molecule has 0 atom stereocenters. The highest BCUT2D eigenvalue weighted by Crippen LogP contribution is 2.28. The van der Waals surface area contributed by atoms with Gasteiger partial charge < -0.3 is 9.15 Å². The highest BCUT2D eigenvalue weighted by atomic mass is 35.5. The fraction of sp³-hybridized carbons (Fsp3) is 0.136. The van der Waals surface area contributed by atoms with Gasteiger partial charge in [0, 0.05) is 34.8 Å². The van der Waals surface area contributed by atoms with Crippen molar-refractivity contribution < 1.29 is 9.15 Å².